The highest BCUT2D eigenvalue weighted by molar-refractivity contribution is 7.99. The van der Waals surface area contributed by atoms with Crippen molar-refractivity contribution in [1.29, 1.82) is 0 Å². The number of thioether (sulfide) groups is 1. The molecule has 1 aromatic heterocycles. The fourth-order valence-electron chi connectivity index (χ4n) is 3.52. The molecule has 31 heavy (non-hydrogen) atoms. The molecule has 1 aliphatic rings. The summed E-state index contributed by atoms with van der Waals surface area (Å²) in [5, 5.41) is 14.2. The number of carbonyl (C=O) groups is 2. The Hall–Kier alpha value is -3.13. The van der Waals surface area contributed by atoms with Gasteiger partial charge in [-0.1, -0.05) is 54.4 Å². The quantitative estimate of drug-likeness (QED) is 0.531. The molecule has 2 amide bonds. The zero-order valence-electron chi connectivity index (χ0n) is 17.3. The minimum Gasteiger partial charge on any atom is -0.411 e. The molecule has 4 rings (SSSR count). The van der Waals surface area contributed by atoms with Crippen LogP contribution in [0.5, 0.6) is 0 Å². The van der Waals surface area contributed by atoms with Gasteiger partial charge in [-0.2, -0.15) is 0 Å². The third-order valence-corrected chi connectivity index (χ3v) is 5.99. The molecule has 1 heterocycles. The van der Waals surface area contributed by atoms with Gasteiger partial charge >= 0.3 is 0 Å². The first-order chi connectivity index (χ1) is 15.1. The smallest absolute Gasteiger partial charge is 0.277 e. The largest absolute Gasteiger partial charge is 0.411 e. The van der Waals surface area contributed by atoms with E-state index in [-0.39, 0.29) is 23.6 Å². The molecule has 0 spiro atoms. The van der Waals surface area contributed by atoms with Gasteiger partial charge < -0.3 is 15.1 Å². The highest BCUT2D eigenvalue weighted by atomic mass is 32.2. The number of anilines is 1. The highest BCUT2D eigenvalue weighted by Crippen LogP contribution is 2.24. The summed E-state index contributed by atoms with van der Waals surface area (Å²) in [5.41, 5.74) is 2.94. The Morgan fingerprint density at radius 2 is 1.81 bits per heavy atom. The van der Waals surface area contributed by atoms with Crippen LogP contribution < -0.4 is 10.6 Å². The van der Waals surface area contributed by atoms with Crippen LogP contribution in [0.4, 0.5) is 5.69 Å². The Morgan fingerprint density at radius 1 is 1.06 bits per heavy atom. The van der Waals surface area contributed by atoms with Crippen molar-refractivity contribution in [3.05, 3.63) is 59.7 Å². The van der Waals surface area contributed by atoms with Gasteiger partial charge in [0.05, 0.1) is 17.0 Å². The van der Waals surface area contributed by atoms with E-state index < -0.39 is 0 Å². The Kier molecular flexibility index (Phi) is 6.66. The first kappa shape index (κ1) is 21.1. The molecule has 3 aromatic rings. The third kappa shape index (κ3) is 5.52. The maximum absolute atomic E-state index is 12.6. The van der Waals surface area contributed by atoms with Crippen LogP contribution in [0.1, 0.15) is 41.6 Å². The van der Waals surface area contributed by atoms with E-state index in [2.05, 4.69) is 20.8 Å². The van der Waals surface area contributed by atoms with Crippen molar-refractivity contribution in [1.82, 2.24) is 15.5 Å². The third-order valence-electron chi connectivity index (χ3n) is 5.17. The van der Waals surface area contributed by atoms with Crippen molar-refractivity contribution >= 4 is 29.3 Å². The van der Waals surface area contributed by atoms with Crippen LogP contribution in [0.25, 0.3) is 11.5 Å². The minimum absolute atomic E-state index is 0.0914. The van der Waals surface area contributed by atoms with Crippen LogP contribution in [0, 0.1) is 6.92 Å². The standard InChI is InChI=1S/C23H24N4O3S/c1-15-10-12-16(13-11-15)22-26-27-23(30-22)31-14-20(28)25-19-9-5-4-8-18(19)21(29)24-17-6-2-3-7-17/h4-5,8-13,17H,2-3,6-7,14H2,1H3,(H,24,29)(H,25,28). The zero-order chi connectivity index (χ0) is 21.6. The molecule has 2 N–H and O–H groups in total. The topological polar surface area (TPSA) is 97.1 Å². The summed E-state index contributed by atoms with van der Waals surface area (Å²) < 4.78 is 5.64. The van der Waals surface area contributed by atoms with Crippen molar-refractivity contribution in [2.24, 2.45) is 0 Å². The summed E-state index contributed by atoms with van der Waals surface area (Å²) in [7, 11) is 0. The molecule has 1 fully saturated rings. The molecule has 160 valence electrons. The molecule has 0 saturated heterocycles. The lowest BCUT2D eigenvalue weighted by molar-refractivity contribution is -0.113. The van der Waals surface area contributed by atoms with Gasteiger partial charge in [0, 0.05) is 11.6 Å². The van der Waals surface area contributed by atoms with Crippen LogP contribution in [0.3, 0.4) is 0 Å². The summed E-state index contributed by atoms with van der Waals surface area (Å²) >= 11 is 1.15. The lowest BCUT2D eigenvalue weighted by Crippen LogP contribution is -2.33. The number of para-hydroxylation sites is 1. The Labute approximate surface area is 185 Å². The van der Waals surface area contributed by atoms with Gasteiger partial charge in [-0.3, -0.25) is 9.59 Å². The predicted octanol–water partition coefficient (Wildman–Crippen LogP) is 4.45. The van der Waals surface area contributed by atoms with Crippen molar-refractivity contribution in [2.75, 3.05) is 11.1 Å². The molecule has 0 bridgehead atoms. The van der Waals surface area contributed by atoms with E-state index in [9.17, 15) is 9.59 Å². The van der Waals surface area contributed by atoms with Gasteiger partial charge in [-0.05, 0) is 44.0 Å². The lowest BCUT2D eigenvalue weighted by Gasteiger charge is -2.14. The number of carbonyl (C=O) groups excluding carboxylic acids is 2. The summed E-state index contributed by atoms with van der Waals surface area (Å²) in [6, 6.07) is 15.0. The molecule has 7 nitrogen and oxygen atoms in total. The molecule has 0 unspecified atom stereocenters. The second kappa shape index (κ2) is 9.78. The second-order valence-corrected chi connectivity index (χ2v) is 8.50. The number of hydrogen-bond acceptors (Lipinski definition) is 6. The number of aromatic nitrogens is 2. The molecule has 2 aromatic carbocycles. The van der Waals surface area contributed by atoms with Gasteiger partial charge in [-0.25, -0.2) is 0 Å². The van der Waals surface area contributed by atoms with Crippen LogP contribution in [-0.2, 0) is 4.79 Å². The maximum Gasteiger partial charge on any atom is 0.277 e. The molecule has 1 aliphatic carbocycles. The second-order valence-electron chi connectivity index (χ2n) is 7.58. The highest BCUT2D eigenvalue weighted by Gasteiger charge is 2.20. The van der Waals surface area contributed by atoms with Gasteiger partial charge in [0.1, 0.15) is 0 Å². The lowest BCUT2D eigenvalue weighted by atomic mass is 10.1. The molecule has 0 atom stereocenters. The fraction of sp³-hybridized carbons (Fsp3) is 0.304. The first-order valence-electron chi connectivity index (χ1n) is 10.3. The normalized spacial score (nSPS) is 13.8. The Bertz CT molecular complexity index is 1060. The first-order valence-corrected chi connectivity index (χ1v) is 11.3. The average molecular weight is 437 g/mol. The summed E-state index contributed by atoms with van der Waals surface area (Å²) in [5.74, 6) is 0.0989. The number of aryl methyl sites for hydroxylation is 1. The Morgan fingerprint density at radius 3 is 2.58 bits per heavy atom. The van der Waals surface area contributed by atoms with Crippen LogP contribution in [0.15, 0.2) is 58.2 Å². The number of hydrogen-bond donors (Lipinski definition) is 2. The van der Waals surface area contributed by atoms with Gasteiger partial charge in [0.25, 0.3) is 11.1 Å². The maximum atomic E-state index is 12.6. The molecular formula is C23H24N4O3S. The molecule has 0 radical (unpaired) electrons. The molecule has 0 aliphatic heterocycles. The Balaban J connectivity index is 1.34. The van der Waals surface area contributed by atoms with E-state index in [0.717, 1.165) is 48.6 Å². The summed E-state index contributed by atoms with van der Waals surface area (Å²) in [6.07, 6.45) is 4.29. The zero-order valence-corrected chi connectivity index (χ0v) is 18.1. The fourth-order valence-corrected chi connectivity index (χ4v) is 4.08. The summed E-state index contributed by atoms with van der Waals surface area (Å²) in [4.78, 5) is 25.1. The van der Waals surface area contributed by atoms with E-state index in [0.29, 0.717) is 22.4 Å². The average Bonchev–Trinajstić information content (AvgIpc) is 3.45. The summed E-state index contributed by atoms with van der Waals surface area (Å²) in [6.45, 7) is 2.01. The van der Waals surface area contributed by atoms with E-state index in [4.69, 9.17) is 4.42 Å². The number of rotatable bonds is 7. The van der Waals surface area contributed by atoms with E-state index in [1.54, 1.807) is 24.3 Å². The number of nitrogens with zero attached hydrogens (tertiary/aromatic N) is 2. The molecular weight excluding hydrogens is 412 g/mol. The van der Waals surface area contributed by atoms with E-state index >= 15 is 0 Å². The van der Waals surface area contributed by atoms with Gasteiger partial charge in [-0.15, -0.1) is 10.2 Å². The molecule has 1 saturated carbocycles. The van der Waals surface area contributed by atoms with Crippen LogP contribution >= 0.6 is 11.8 Å². The van der Waals surface area contributed by atoms with Crippen LogP contribution in [0.2, 0.25) is 0 Å². The minimum atomic E-state index is -0.249. The number of nitrogens with one attached hydrogen (secondary N) is 2. The van der Waals surface area contributed by atoms with Crippen molar-refractivity contribution in [2.45, 2.75) is 43.9 Å². The van der Waals surface area contributed by atoms with Gasteiger partial charge in [0.15, 0.2) is 0 Å². The monoisotopic (exact) mass is 436 g/mol. The SMILES string of the molecule is Cc1ccc(-c2nnc(SCC(=O)Nc3ccccc3C(=O)NC3CCCC3)o2)cc1. The predicted molar refractivity (Wildman–Crippen MR) is 120 cm³/mol. The van der Waals surface area contributed by atoms with Crippen molar-refractivity contribution in [3.63, 3.8) is 0 Å². The number of amides is 2. The van der Waals surface area contributed by atoms with Crippen LogP contribution in [-0.4, -0.2) is 33.8 Å². The van der Waals surface area contributed by atoms with Crippen molar-refractivity contribution in [3.8, 4) is 11.5 Å². The van der Waals surface area contributed by atoms with Gasteiger partial charge in [0.2, 0.25) is 11.8 Å². The van der Waals surface area contributed by atoms with E-state index in [1.807, 2.05) is 31.2 Å². The van der Waals surface area contributed by atoms with Crippen molar-refractivity contribution < 1.29 is 14.0 Å². The molecule has 8 heteroatoms. The van der Waals surface area contributed by atoms with E-state index in [1.165, 1.54) is 0 Å². The number of benzene rings is 2.